The molecule has 1 aromatic carbocycles. The molecule has 12 nitrogen and oxygen atoms in total. The molecular formula is C23H15ClF8N10O2. The second-order valence-electron chi connectivity index (χ2n) is 8.83. The molecule has 232 valence electrons. The largest absolute Gasteiger partial charge is 0.618 e. The summed E-state index contributed by atoms with van der Waals surface area (Å²) in [5.41, 5.74) is -2.69. The van der Waals surface area contributed by atoms with E-state index in [0.717, 1.165) is 29.3 Å². The molecule has 0 aliphatic rings. The van der Waals surface area contributed by atoms with Gasteiger partial charge in [0.2, 0.25) is 5.69 Å². The zero-order valence-corrected chi connectivity index (χ0v) is 22.2. The summed E-state index contributed by atoms with van der Waals surface area (Å²) in [4.78, 5) is 0. The van der Waals surface area contributed by atoms with Gasteiger partial charge in [-0.2, -0.15) is 40.1 Å². The first kappa shape index (κ1) is 30.7. The van der Waals surface area contributed by atoms with Crippen LogP contribution in [0.4, 0.5) is 35.1 Å². The lowest BCUT2D eigenvalue weighted by molar-refractivity contribution is -0.615. The molecule has 0 unspecified atom stereocenters. The molecule has 0 aliphatic heterocycles. The van der Waals surface area contributed by atoms with Crippen LogP contribution in [0.2, 0.25) is 5.02 Å². The Hall–Kier alpha value is -4.72. The quantitative estimate of drug-likeness (QED) is 0.119. The molecule has 4 aromatic heterocycles. The molecule has 0 aliphatic carbocycles. The molecule has 5 rings (SSSR count). The zero-order chi connectivity index (χ0) is 31.8. The van der Waals surface area contributed by atoms with Gasteiger partial charge in [0, 0.05) is 12.5 Å². The van der Waals surface area contributed by atoms with Crippen molar-refractivity contribution < 1.29 is 44.6 Å². The lowest BCUT2D eigenvalue weighted by atomic mass is 10.0. The number of alkyl halides is 7. The molecule has 0 spiro atoms. The number of ether oxygens (including phenoxy) is 1. The first-order valence-corrected chi connectivity index (χ1v) is 12.4. The molecule has 0 saturated heterocycles. The lowest BCUT2D eigenvalue weighted by Gasteiger charge is -2.18. The zero-order valence-electron chi connectivity index (χ0n) is 21.5. The van der Waals surface area contributed by atoms with Crippen molar-refractivity contribution in [2.45, 2.75) is 31.8 Å². The normalized spacial score (nSPS) is 12.9. The van der Waals surface area contributed by atoms with Crippen LogP contribution in [-0.2, 0) is 10.9 Å². The number of hydrogen-bond acceptors (Lipinski definition) is 8. The first-order chi connectivity index (χ1) is 20.8. The summed E-state index contributed by atoms with van der Waals surface area (Å²) in [5, 5.41) is 33.6. The van der Waals surface area contributed by atoms with Crippen molar-refractivity contribution in [3.63, 3.8) is 0 Å². The van der Waals surface area contributed by atoms with Crippen LogP contribution in [0.1, 0.15) is 30.4 Å². The van der Waals surface area contributed by atoms with Crippen molar-refractivity contribution >= 4 is 11.6 Å². The molecule has 0 bridgehead atoms. The monoisotopic (exact) mass is 650 g/mol. The first-order valence-electron chi connectivity index (χ1n) is 12.1. The lowest BCUT2D eigenvalue weighted by Crippen LogP contribution is -2.36. The van der Waals surface area contributed by atoms with E-state index in [-0.39, 0.29) is 44.2 Å². The summed E-state index contributed by atoms with van der Waals surface area (Å²) in [6.45, 7) is -6.80. The van der Waals surface area contributed by atoms with Crippen molar-refractivity contribution in [1.82, 2.24) is 45.0 Å². The van der Waals surface area contributed by atoms with Gasteiger partial charge < -0.3 is 9.94 Å². The number of halogens is 9. The number of benzene rings is 1. The third-order valence-corrected chi connectivity index (χ3v) is 6.46. The summed E-state index contributed by atoms with van der Waals surface area (Å²) in [6, 6.07) is 3.46. The fourth-order valence-electron chi connectivity index (χ4n) is 4.22. The van der Waals surface area contributed by atoms with Gasteiger partial charge in [0.1, 0.15) is 17.4 Å². The molecule has 0 radical (unpaired) electrons. The van der Waals surface area contributed by atoms with E-state index in [0.29, 0.717) is 10.9 Å². The van der Waals surface area contributed by atoms with E-state index in [9.17, 15) is 35.9 Å². The van der Waals surface area contributed by atoms with Gasteiger partial charge in [-0.15, -0.1) is 15.3 Å². The van der Waals surface area contributed by atoms with Crippen molar-refractivity contribution in [2.75, 3.05) is 6.61 Å². The van der Waals surface area contributed by atoms with Gasteiger partial charge in [0.25, 0.3) is 0 Å². The number of pyridine rings is 1. The fraction of sp³-hybridized carbons (Fsp3) is 0.261. The third kappa shape index (κ3) is 6.16. The highest BCUT2D eigenvalue weighted by Crippen LogP contribution is 2.35. The minimum Gasteiger partial charge on any atom is -0.618 e. The Bertz CT molecular complexity index is 1770. The van der Waals surface area contributed by atoms with Crippen LogP contribution in [0.15, 0.2) is 49.1 Å². The smallest absolute Gasteiger partial charge is 0.436 e. The topological polar surface area (TPSA) is 128 Å². The Morgan fingerprint density at radius 3 is 2.43 bits per heavy atom. The molecule has 0 saturated carbocycles. The molecule has 0 fully saturated rings. The maximum atomic E-state index is 15.3. The molecular weight excluding hydrogens is 636 g/mol. The number of nitrogens with zero attached hydrogens (tertiary/aromatic N) is 10. The van der Waals surface area contributed by atoms with E-state index in [2.05, 4.69) is 35.7 Å². The Balaban J connectivity index is 1.55. The Kier molecular flexibility index (Phi) is 8.46. The summed E-state index contributed by atoms with van der Waals surface area (Å²) in [6.07, 6.45) is -1.62. The van der Waals surface area contributed by atoms with E-state index >= 15 is 4.39 Å². The van der Waals surface area contributed by atoms with Crippen molar-refractivity contribution in [3.8, 4) is 28.2 Å². The summed E-state index contributed by atoms with van der Waals surface area (Å²) < 4.78 is 113. The molecule has 0 N–H and O–H groups in total. The highest BCUT2D eigenvalue weighted by atomic mass is 35.5. The minimum atomic E-state index is -4.84. The maximum absolute atomic E-state index is 15.3. The van der Waals surface area contributed by atoms with E-state index in [1.807, 2.05) is 0 Å². The van der Waals surface area contributed by atoms with E-state index < -0.39 is 54.1 Å². The van der Waals surface area contributed by atoms with E-state index in [1.54, 1.807) is 0 Å². The molecule has 0 amide bonds. The Labute approximate surface area is 244 Å². The van der Waals surface area contributed by atoms with Crippen LogP contribution in [0.5, 0.6) is 0 Å². The average Bonchev–Trinajstić information content (AvgIpc) is 3.73. The highest BCUT2D eigenvalue weighted by molar-refractivity contribution is 6.31. The van der Waals surface area contributed by atoms with Crippen LogP contribution in [0, 0.1) is 11.0 Å². The molecule has 5 aromatic rings. The second-order valence-corrected chi connectivity index (χ2v) is 9.24. The number of hydrogen-bond donors (Lipinski definition) is 0. The predicted octanol–water partition coefficient (Wildman–Crippen LogP) is 4.84. The average molecular weight is 651 g/mol. The van der Waals surface area contributed by atoms with E-state index in [4.69, 9.17) is 11.6 Å². The van der Waals surface area contributed by atoms with Gasteiger partial charge in [-0.25, -0.2) is 13.8 Å². The SMILES string of the molecule is [O-][n+]1cc(-c2c(-n3cc(C(F)(F)F)nn3)ccc(Cl)c2F)ccc1[C@@H](CCOC(F)F)n1cc(-c2cnnn2C(F)F)nn1. The van der Waals surface area contributed by atoms with Gasteiger partial charge in [-0.1, -0.05) is 27.2 Å². The Morgan fingerprint density at radius 2 is 1.77 bits per heavy atom. The van der Waals surface area contributed by atoms with Crippen LogP contribution in [-0.4, -0.2) is 58.2 Å². The Morgan fingerprint density at radius 1 is 1.00 bits per heavy atom. The van der Waals surface area contributed by atoms with Gasteiger partial charge in [0.15, 0.2) is 17.7 Å². The second kappa shape index (κ2) is 12.1. The van der Waals surface area contributed by atoms with Crippen LogP contribution in [0.25, 0.3) is 28.2 Å². The molecule has 1 atom stereocenters. The van der Waals surface area contributed by atoms with Gasteiger partial charge >= 0.3 is 19.3 Å². The van der Waals surface area contributed by atoms with Crippen LogP contribution in [0.3, 0.4) is 0 Å². The van der Waals surface area contributed by atoms with Crippen molar-refractivity contribution in [3.05, 3.63) is 76.5 Å². The van der Waals surface area contributed by atoms with Crippen molar-refractivity contribution in [2.24, 2.45) is 0 Å². The van der Waals surface area contributed by atoms with Crippen LogP contribution >= 0.6 is 11.6 Å². The van der Waals surface area contributed by atoms with Gasteiger partial charge in [0.05, 0.1) is 47.0 Å². The van der Waals surface area contributed by atoms with E-state index in [1.165, 1.54) is 18.2 Å². The van der Waals surface area contributed by atoms with Gasteiger partial charge in [-0.05, 0) is 18.2 Å². The maximum Gasteiger partial charge on any atom is 0.436 e. The molecule has 44 heavy (non-hydrogen) atoms. The third-order valence-electron chi connectivity index (χ3n) is 6.16. The number of aromatic nitrogens is 10. The fourth-order valence-corrected chi connectivity index (χ4v) is 4.38. The predicted molar refractivity (Wildman–Crippen MR) is 131 cm³/mol. The van der Waals surface area contributed by atoms with Gasteiger partial charge in [-0.3, -0.25) is 0 Å². The minimum absolute atomic E-state index is 0.138. The number of rotatable bonds is 10. The molecule has 21 heteroatoms. The summed E-state index contributed by atoms with van der Waals surface area (Å²) >= 11 is 5.92. The van der Waals surface area contributed by atoms with Crippen LogP contribution < -0.4 is 4.73 Å². The summed E-state index contributed by atoms with van der Waals surface area (Å²) in [5.74, 6) is -1.09. The molecule has 4 heterocycles. The standard InChI is InChI=1S/C23H15ClF8N10O2/c24-12-2-4-16(40-10-18(35-38-40)23(30,31)32)19(20(12)25)11-1-3-15(41(43)8-11)14(5-6-44-22(28)29)39-9-13(34-37-39)17-7-33-36-42(17)21(26)27/h1-4,7-10,14,21-22H,5-6H2/t14-/m1/s1. The highest BCUT2D eigenvalue weighted by Gasteiger charge is 2.35. The van der Waals surface area contributed by atoms with Crippen molar-refractivity contribution in [1.29, 1.82) is 0 Å². The summed E-state index contributed by atoms with van der Waals surface area (Å²) in [7, 11) is 0.